The summed E-state index contributed by atoms with van der Waals surface area (Å²) in [7, 11) is 0. The SMILES string of the molecule is CC(C)NC(=O)c1cc(Nc2ccc(Cl)cc2)nc(-c2ccccc2)n1. The summed E-state index contributed by atoms with van der Waals surface area (Å²) in [6.45, 7) is 3.81. The normalized spacial score (nSPS) is 10.6. The van der Waals surface area contributed by atoms with Crippen LogP contribution in [0.1, 0.15) is 24.3 Å². The molecule has 0 atom stereocenters. The van der Waals surface area contributed by atoms with Gasteiger partial charge in [-0.25, -0.2) is 9.97 Å². The fraction of sp³-hybridized carbons (Fsp3) is 0.150. The van der Waals surface area contributed by atoms with E-state index < -0.39 is 0 Å². The van der Waals surface area contributed by atoms with Gasteiger partial charge in [-0.05, 0) is 38.1 Å². The van der Waals surface area contributed by atoms with E-state index in [0.29, 0.717) is 22.4 Å². The summed E-state index contributed by atoms with van der Waals surface area (Å²) < 4.78 is 0. The number of carbonyl (C=O) groups excluding carboxylic acids is 1. The molecule has 0 radical (unpaired) electrons. The van der Waals surface area contributed by atoms with Gasteiger partial charge in [0.1, 0.15) is 11.5 Å². The lowest BCUT2D eigenvalue weighted by atomic mass is 10.2. The van der Waals surface area contributed by atoms with Crippen molar-refractivity contribution < 1.29 is 4.79 Å². The third-order valence-corrected chi connectivity index (χ3v) is 3.78. The fourth-order valence-corrected chi connectivity index (χ4v) is 2.49. The van der Waals surface area contributed by atoms with Gasteiger partial charge in [0.2, 0.25) is 0 Å². The van der Waals surface area contributed by atoms with E-state index >= 15 is 0 Å². The molecule has 1 aromatic heterocycles. The Morgan fingerprint density at radius 1 is 1.00 bits per heavy atom. The molecule has 0 aliphatic rings. The second kappa shape index (κ2) is 7.97. The Kier molecular flexibility index (Phi) is 5.49. The van der Waals surface area contributed by atoms with Crippen LogP contribution in [0.25, 0.3) is 11.4 Å². The molecule has 0 fully saturated rings. The molecule has 0 aliphatic heterocycles. The minimum absolute atomic E-state index is 0.0188. The van der Waals surface area contributed by atoms with E-state index in [0.717, 1.165) is 11.3 Å². The summed E-state index contributed by atoms with van der Waals surface area (Å²) >= 11 is 5.93. The average molecular weight is 367 g/mol. The van der Waals surface area contributed by atoms with Crippen molar-refractivity contribution in [3.63, 3.8) is 0 Å². The number of rotatable bonds is 5. The standard InChI is InChI=1S/C20H19ClN4O/c1-13(2)22-20(26)17-12-18(23-16-10-8-15(21)9-11-16)25-19(24-17)14-6-4-3-5-7-14/h3-13H,1-2H3,(H,22,26)(H,23,24,25). The summed E-state index contributed by atoms with van der Waals surface area (Å²) in [5, 5.41) is 6.71. The first kappa shape index (κ1) is 17.9. The molecule has 0 unspecified atom stereocenters. The van der Waals surface area contributed by atoms with Crippen molar-refractivity contribution in [2.24, 2.45) is 0 Å². The van der Waals surface area contributed by atoms with E-state index in [-0.39, 0.29) is 11.9 Å². The maximum Gasteiger partial charge on any atom is 0.270 e. The molecule has 3 aromatic rings. The summed E-state index contributed by atoms with van der Waals surface area (Å²) in [4.78, 5) is 21.4. The van der Waals surface area contributed by atoms with Gasteiger partial charge < -0.3 is 10.6 Å². The van der Waals surface area contributed by atoms with E-state index in [9.17, 15) is 4.79 Å². The lowest BCUT2D eigenvalue weighted by Crippen LogP contribution is -2.31. The molecule has 26 heavy (non-hydrogen) atoms. The Hall–Kier alpha value is -2.92. The molecule has 0 saturated carbocycles. The highest BCUT2D eigenvalue weighted by Gasteiger charge is 2.14. The topological polar surface area (TPSA) is 66.9 Å². The molecule has 1 amide bonds. The summed E-state index contributed by atoms with van der Waals surface area (Å²) in [5.41, 5.74) is 1.97. The van der Waals surface area contributed by atoms with Crippen LogP contribution in [0.4, 0.5) is 11.5 Å². The smallest absolute Gasteiger partial charge is 0.270 e. The lowest BCUT2D eigenvalue weighted by Gasteiger charge is -2.12. The Labute approximate surface area is 157 Å². The number of amides is 1. The average Bonchev–Trinajstić information content (AvgIpc) is 2.63. The highest BCUT2D eigenvalue weighted by Crippen LogP contribution is 2.22. The highest BCUT2D eigenvalue weighted by molar-refractivity contribution is 6.30. The molecule has 132 valence electrons. The molecule has 5 nitrogen and oxygen atoms in total. The predicted molar refractivity (Wildman–Crippen MR) is 105 cm³/mol. The highest BCUT2D eigenvalue weighted by atomic mass is 35.5. The van der Waals surface area contributed by atoms with Gasteiger partial charge in [-0.3, -0.25) is 4.79 Å². The zero-order valence-electron chi connectivity index (χ0n) is 14.5. The lowest BCUT2D eigenvalue weighted by molar-refractivity contribution is 0.0938. The summed E-state index contributed by atoms with van der Waals surface area (Å²) in [6.07, 6.45) is 0. The van der Waals surface area contributed by atoms with Crippen LogP contribution in [-0.2, 0) is 0 Å². The number of aromatic nitrogens is 2. The molecule has 6 heteroatoms. The van der Waals surface area contributed by atoms with Gasteiger partial charge in [-0.15, -0.1) is 0 Å². The van der Waals surface area contributed by atoms with Crippen LogP contribution in [0.15, 0.2) is 60.7 Å². The van der Waals surface area contributed by atoms with Gasteiger partial charge in [0.15, 0.2) is 5.82 Å². The Morgan fingerprint density at radius 3 is 2.35 bits per heavy atom. The van der Waals surface area contributed by atoms with E-state index in [1.165, 1.54) is 0 Å². The van der Waals surface area contributed by atoms with Gasteiger partial charge in [0.05, 0.1) is 0 Å². The number of anilines is 2. The molecule has 2 N–H and O–H groups in total. The summed E-state index contributed by atoms with van der Waals surface area (Å²) in [5.74, 6) is 0.785. The van der Waals surface area contributed by atoms with Crippen LogP contribution < -0.4 is 10.6 Å². The van der Waals surface area contributed by atoms with Crippen LogP contribution in [0.3, 0.4) is 0 Å². The zero-order chi connectivity index (χ0) is 18.5. The quantitative estimate of drug-likeness (QED) is 0.688. The van der Waals surface area contributed by atoms with Crippen molar-refractivity contribution in [2.75, 3.05) is 5.32 Å². The molecule has 2 aromatic carbocycles. The van der Waals surface area contributed by atoms with Crippen molar-refractivity contribution >= 4 is 29.0 Å². The molecule has 0 aliphatic carbocycles. The van der Waals surface area contributed by atoms with Crippen LogP contribution in [-0.4, -0.2) is 21.9 Å². The minimum Gasteiger partial charge on any atom is -0.349 e. The van der Waals surface area contributed by atoms with Gasteiger partial charge in [-0.1, -0.05) is 41.9 Å². The van der Waals surface area contributed by atoms with Crippen molar-refractivity contribution in [1.82, 2.24) is 15.3 Å². The van der Waals surface area contributed by atoms with Crippen LogP contribution in [0.5, 0.6) is 0 Å². The molecule has 1 heterocycles. The van der Waals surface area contributed by atoms with Gasteiger partial charge in [-0.2, -0.15) is 0 Å². The van der Waals surface area contributed by atoms with Gasteiger partial charge >= 0.3 is 0 Å². The van der Waals surface area contributed by atoms with Gasteiger partial charge in [0, 0.05) is 28.4 Å². The number of benzene rings is 2. The maximum absolute atomic E-state index is 12.4. The first-order valence-electron chi connectivity index (χ1n) is 8.29. The number of halogens is 1. The number of hydrogen-bond acceptors (Lipinski definition) is 4. The second-order valence-corrected chi connectivity index (χ2v) is 6.52. The minimum atomic E-state index is -0.237. The van der Waals surface area contributed by atoms with Crippen molar-refractivity contribution in [2.45, 2.75) is 19.9 Å². The number of hydrogen-bond donors (Lipinski definition) is 2. The zero-order valence-corrected chi connectivity index (χ0v) is 15.3. The van der Waals surface area contributed by atoms with Crippen molar-refractivity contribution in [3.8, 4) is 11.4 Å². The van der Waals surface area contributed by atoms with Gasteiger partial charge in [0.25, 0.3) is 5.91 Å². The molecule has 0 saturated heterocycles. The van der Waals surface area contributed by atoms with E-state index in [1.807, 2.05) is 56.3 Å². The molecular formula is C20H19ClN4O. The number of carbonyl (C=O) groups is 1. The van der Waals surface area contributed by atoms with Crippen LogP contribution >= 0.6 is 11.6 Å². The van der Waals surface area contributed by atoms with E-state index in [1.54, 1.807) is 18.2 Å². The maximum atomic E-state index is 12.4. The van der Waals surface area contributed by atoms with E-state index in [4.69, 9.17) is 11.6 Å². The molecular weight excluding hydrogens is 348 g/mol. The third kappa shape index (κ3) is 4.58. The Bertz CT molecular complexity index is 895. The largest absolute Gasteiger partial charge is 0.349 e. The van der Waals surface area contributed by atoms with E-state index in [2.05, 4.69) is 20.6 Å². The van der Waals surface area contributed by atoms with Crippen molar-refractivity contribution in [1.29, 1.82) is 0 Å². The van der Waals surface area contributed by atoms with Crippen LogP contribution in [0, 0.1) is 0 Å². The fourth-order valence-electron chi connectivity index (χ4n) is 2.36. The number of nitrogens with one attached hydrogen (secondary N) is 2. The summed E-state index contributed by atoms with van der Waals surface area (Å²) in [6, 6.07) is 18.5. The second-order valence-electron chi connectivity index (χ2n) is 6.09. The van der Waals surface area contributed by atoms with Crippen molar-refractivity contribution in [3.05, 3.63) is 71.4 Å². The molecule has 0 spiro atoms. The Balaban J connectivity index is 1.99. The first-order valence-corrected chi connectivity index (χ1v) is 8.67. The first-order chi connectivity index (χ1) is 12.5. The van der Waals surface area contributed by atoms with Crippen LogP contribution in [0.2, 0.25) is 5.02 Å². The third-order valence-electron chi connectivity index (χ3n) is 3.53. The molecule has 3 rings (SSSR count). The molecule has 0 bridgehead atoms. The number of nitrogens with zero attached hydrogens (tertiary/aromatic N) is 2. The monoisotopic (exact) mass is 366 g/mol. The Morgan fingerprint density at radius 2 is 1.69 bits per heavy atom. The predicted octanol–water partition coefficient (Wildman–Crippen LogP) is 4.68.